The normalized spacial score (nSPS) is 10.5. The van der Waals surface area contributed by atoms with Crippen LogP contribution >= 0.6 is 11.6 Å². The van der Waals surface area contributed by atoms with Gasteiger partial charge >= 0.3 is 0 Å². The van der Waals surface area contributed by atoms with Gasteiger partial charge in [-0.2, -0.15) is 5.26 Å². The van der Waals surface area contributed by atoms with Gasteiger partial charge in [-0.05, 0) is 6.07 Å². The van der Waals surface area contributed by atoms with Crippen LogP contribution in [-0.2, 0) is 6.54 Å². The van der Waals surface area contributed by atoms with E-state index in [0.29, 0.717) is 19.5 Å². The van der Waals surface area contributed by atoms with Gasteiger partial charge in [-0.25, -0.2) is 0 Å². The lowest BCUT2D eigenvalue weighted by Gasteiger charge is -1.99. The number of H-pyrrole nitrogens is 1. The molecule has 0 aliphatic carbocycles. The van der Waals surface area contributed by atoms with Gasteiger partial charge in [-0.1, -0.05) is 29.8 Å². The molecular formula is C12H12ClN3. The summed E-state index contributed by atoms with van der Waals surface area (Å²) < 4.78 is 0. The molecule has 0 saturated carbocycles. The molecule has 0 fully saturated rings. The van der Waals surface area contributed by atoms with Crippen LogP contribution in [0.25, 0.3) is 10.9 Å². The second-order valence-corrected chi connectivity index (χ2v) is 3.93. The first-order valence-corrected chi connectivity index (χ1v) is 5.53. The Kier molecular flexibility index (Phi) is 3.45. The predicted octanol–water partition coefficient (Wildman–Crippen LogP) is 2.82. The van der Waals surface area contributed by atoms with Crippen LogP contribution in [0.2, 0.25) is 5.02 Å². The molecule has 4 heteroatoms. The van der Waals surface area contributed by atoms with Crippen molar-refractivity contribution in [2.75, 3.05) is 6.54 Å². The highest BCUT2D eigenvalue weighted by Gasteiger charge is 2.07. The van der Waals surface area contributed by atoms with E-state index in [1.807, 2.05) is 24.3 Å². The van der Waals surface area contributed by atoms with Gasteiger partial charge in [0.15, 0.2) is 0 Å². The van der Waals surface area contributed by atoms with Crippen molar-refractivity contribution < 1.29 is 0 Å². The molecule has 2 aromatic rings. The molecule has 0 atom stereocenters. The van der Waals surface area contributed by atoms with E-state index in [0.717, 1.165) is 21.6 Å². The molecule has 1 aromatic carbocycles. The van der Waals surface area contributed by atoms with Gasteiger partial charge in [0.2, 0.25) is 0 Å². The minimum atomic E-state index is 0.512. The lowest BCUT2D eigenvalue weighted by molar-refractivity contribution is 0.689. The van der Waals surface area contributed by atoms with E-state index in [1.165, 1.54) is 0 Å². The second-order valence-electron chi connectivity index (χ2n) is 3.55. The number of para-hydroxylation sites is 1. The average molecular weight is 234 g/mol. The lowest BCUT2D eigenvalue weighted by atomic mass is 10.2. The van der Waals surface area contributed by atoms with Crippen LogP contribution in [0.4, 0.5) is 0 Å². The number of hydrogen-bond donors (Lipinski definition) is 2. The summed E-state index contributed by atoms with van der Waals surface area (Å²) in [6.45, 7) is 1.34. The zero-order valence-corrected chi connectivity index (χ0v) is 9.51. The molecule has 3 nitrogen and oxygen atoms in total. The molecule has 1 heterocycles. The van der Waals surface area contributed by atoms with Crippen molar-refractivity contribution >= 4 is 22.5 Å². The molecule has 2 rings (SSSR count). The van der Waals surface area contributed by atoms with E-state index >= 15 is 0 Å². The van der Waals surface area contributed by atoms with Gasteiger partial charge in [-0.15, -0.1) is 0 Å². The van der Waals surface area contributed by atoms with E-state index < -0.39 is 0 Å². The van der Waals surface area contributed by atoms with Gasteiger partial charge in [-0.3, -0.25) is 0 Å². The van der Waals surface area contributed by atoms with Crippen LogP contribution in [0.15, 0.2) is 24.3 Å². The Hall–Kier alpha value is -1.50. The molecule has 82 valence electrons. The quantitative estimate of drug-likeness (QED) is 0.798. The Morgan fingerprint density at radius 2 is 2.19 bits per heavy atom. The summed E-state index contributed by atoms with van der Waals surface area (Å²) in [5, 5.41) is 13.4. The van der Waals surface area contributed by atoms with Crippen molar-refractivity contribution in [3.05, 3.63) is 35.0 Å². The number of nitrogens with zero attached hydrogens (tertiary/aromatic N) is 1. The summed E-state index contributed by atoms with van der Waals surface area (Å²) in [5.74, 6) is 0. The van der Waals surface area contributed by atoms with E-state index in [1.54, 1.807) is 0 Å². The third-order valence-electron chi connectivity index (χ3n) is 2.43. The Morgan fingerprint density at radius 3 is 2.94 bits per heavy atom. The van der Waals surface area contributed by atoms with E-state index in [4.69, 9.17) is 16.9 Å². The number of aromatic amines is 1. The summed E-state index contributed by atoms with van der Waals surface area (Å²) in [4.78, 5) is 3.26. The maximum atomic E-state index is 8.41. The Balaban J connectivity index is 2.13. The fourth-order valence-corrected chi connectivity index (χ4v) is 1.92. The van der Waals surface area contributed by atoms with Crippen LogP contribution < -0.4 is 5.32 Å². The topological polar surface area (TPSA) is 51.6 Å². The first kappa shape index (κ1) is 11.0. The van der Waals surface area contributed by atoms with Gasteiger partial charge in [0.25, 0.3) is 0 Å². The highest BCUT2D eigenvalue weighted by Crippen LogP contribution is 2.26. The summed E-state index contributed by atoms with van der Waals surface area (Å²) in [7, 11) is 0. The summed E-state index contributed by atoms with van der Waals surface area (Å²) >= 11 is 6.23. The standard InChI is InChI=1S/C12H12ClN3/c13-12-9-4-1-2-5-10(9)16-11(12)8-15-7-3-6-14/h1-2,4-5,15-16H,3,7-8H2. The van der Waals surface area contributed by atoms with Crippen LogP contribution in [0, 0.1) is 11.3 Å². The van der Waals surface area contributed by atoms with Gasteiger partial charge in [0.05, 0.1) is 11.1 Å². The van der Waals surface area contributed by atoms with Gasteiger partial charge < -0.3 is 10.3 Å². The van der Waals surface area contributed by atoms with Crippen LogP contribution in [0.1, 0.15) is 12.1 Å². The van der Waals surface area contributed by atoms with Gasteiger partial charge in [0, 0.05) is 36.1 Å². The maximum Gasteiger partial charge on any atom is 0.0705 e. The van der Waals surface area contributed by atoms with Crippen molar-refractivity contribution in [2.45, 2.75) is 13.0 Å². The Morgan fingerprint density at radius 1 is 1.38 bits per heavy atom. The molecule has 0 unspecified atom stereocenters. The maximum absolute atomic E-state index is 8.41. The van der Waals surface area contributed by atoms with Crippen molar-refractivity contribution in [1.82, 2.24) is 10.3 Å². The average Bonchev–Trinajstić information content (AvgIpc) is 2.63. The smallest absolute Gasteiger partial charge is 0.0705 e. The molecule has 0 aliphatic rings. The first-order chi connectivity index (χ1) is 7.83. The van der Waals surface area contributed by atoms with Crippen LogP contribution in [0.5, 0.6) is 0 Å². The van der Waals surface area contributed by atoms with E-state index in [-0.39, 0.29) is 0 Å². The fraction of sp³-hybridized carbons (Fsp3) is 0.250. The molecule has 0 radical (unpaired) electrons. The lowest BCUT2D eigenvalue weighted by Crippen LogP contribution is -2.14. The number of rotatable bonds is 4. The zero-order valence-electron chi connectivity index (χ0n) is 8.76. The highest BCUT2D eigenvalue weighted by atomic mass is 35.5. The molecular weight excluding hydrogens is 222 g/mol. The van der Waals surface area contributed by atoms with Crippen molar-refractivity contribution in [3.63, 3.8) is 0 Å². The summed E-state index contributed by atoms with van der Waals surface area (Å²) in [6, 6.07) is 10.0. The van der Waals surface area contributed by atoms with Crippen LogP contribution in [-0.4, -0.2) is 11.5 Å². The molecule has 0 bridgehead atoms. The molecule has 1 aromatic heterocycles. The predicted molar refractivity (Wildman–Crippen MR) is 65.2 cm³/mol. The largest absolute Gasteiger partial charge is 0.356 e. The Bertz CT molecular complexity index is 525. The Labute approximate surface area is 99.0 Å². The molecule has 0 spiro atoms. The first-order valence-electron chi connectivity index (χ1n) is 5.15. The van der Waals surface area contributed by atoms with Crippen LogP contribution in [0.3, 0.4) is 0 Å². The third kappa shape index (κ3) is 2.19. The summed E-state index contributed by atoms with van der Waals surface area (Å²) in [5.41, 5.74) is 2.02. The monoisotopic (exact) mass is 233 g/mol. The number of aromatic nitrogens is 1. The number of benzene rings is 1. The zero-order chi connectivity index (χ0) is 11.4. The molecule has 0 amide bonds. The molecule has 16 heavy (non-hydrogen) atoms. The summed E-state index contributed by atoms with van der Waals surface area (Å²) in [6.07, 6.45) is 0.512. The third-order valence-corrected chi connectivity index (χ3v) is 2.86. The number of halogens is 1. The van der Waals surface area contributed by atoms with Gasteiger partial charge in [0.1, 0.15) is 0 Å². The minimum Gasteiger partial charge on any atom is -0.356 e. The van der Waals surface area contributed by atoms with Crippen molar-refractivity contribution in [2.24, 2.45) is 0 Å². The number of fused-ring (bicyclic) bond motifs is 1. The highest BCUT2D eigenvalue weighted by molar-refractivity contribution is 6.36. The molecule has 0 saturated heterocycles. The van der Waals surface area contributed by atoms with E-state index in [2.05, 4.69) is 16.4 Å². The minimum absolute atomic E-state index is 0.512. The van der Waals surface area contributed by atoms with Crippen molar-refractivity contribution in [3.8, 4) is 6.07 Å². The second kappa shape index (κ2) is 5.02. The number of nitriles is 1. The van der Waals surface area contributed by atoms with Crippen molar-refractivity contribution in [1.29, 1.82) is 5.26 Å². The number of nitrogens with one attached hydrogen (secondary N) is 2. The molecule has 0 aliphatic heterocycles. The number of hydrogen-bond acceptors (Lipinski definition) is 2. The molecule has 2 N–H and O–H groups in total. The fourth-order valence-electron chi connectivity index (χ4n) is 1.64. The SMILES string of the molecule is N#CCCNCc1[nH]c2ccccc2c1Cl. The van der Waals surface area contributed by atoms with E-state index in [9.17, 15) is 0 Å².